The normalized spacial score (nSPS) is 34.1. The van der Waals surface area contributed by atoms with E-state index in [2.05, 4.69) is 36.2 Å². The maximum absolute atomic E-state index is 12.0. The van der Waals surface area contributed by atoms with E-state index >= 15 is 0 Å². The summed E-state index contributed by atoms with van der Waals surface area (Å²) in [6.45, 7) is 2.05. The molecule has 4 nitrogen and oxygen atoms in total. The number of amides is 1. The Bertz CT molecular complexity index is 540. The van der Waals surface area contributed by atoms with E-state index in [9.17, 15) is 4.79 Å². The lowest BCUT2D eigenvalue weighted by atomic mass is 9.88. The van der Waals surface area contributed by atoms with Gasteiger partial charge < -0.3 is 5.73 Å². The monoisotopic (exact) mass is 257 g/mol. The first-order chi connectivity index (χ1) is 9.01. The maximum Gasteiger partial charge on any atom is 0.231 e. The van der Waals surface area contributed by atoms with Crippen molar-refractivity contribution >= 4 is 11.9 Å². The number of guanidine groups is 1. The Balaban J connectivity index is 1.83. The second kappa shape index (κ2) is 4.08. The third kappa shape index (κ3) is 2.01. The lowest BCUT2D eigenvalue weighted by Crippen LogP contribution is -2.49. The van der Waals surface area contributed by atoms with E-state index in [-0.39, 0.29) is 11.4 Å². The molecule has 1 amide bonds. The van der Waals surface area contributed by atoms with Gasteiger partial charge in [0, 0.05) is 7.05 Å². The number of benzene rings is 1. The molecule has 1 aromatic rings. The molecule has 1 saturated carbocycles. The molecule has 1 fully saturated rings. The summed E-state index contributed by atoms with van der Waals surface area (Å²) in [5, 5.41) is 0. The van der Waals surface area contributed by atoms with Crippen LogP contribution in [0.5, 0.6) is 0 Å². The minimum atomic E-state index is -0.339. The van der Waals surface area contributed by atoms with Crippen molar-refractivity contribution in [3.8, 4) is 0 Å². The molecule has 0 radical (unpaired) electrons. The van der Waals surface area contributed by atoms with Gasteiger partial charge in [0.05, 0.1) is 12.0 Å². The van der Waals surface area contributed by atoms with Gasteiger partial charge in [0.2, 0.25) is 5.91 Å². The fourth-order valence-corrected chi connectivity index (χ4v) is 3.09. The molecule has 0 saturated heterocycles. The van der Waals surface area contributed by atoms with E-state index < -0.39 is 0 Å². The highest BCUT2D eigenvalue weighted by Gasteiger charge is 2.53. The first-order valence-corrected chi connectivity index (χ1v) is 6.68. The third-order valence-corrected chi connectivity index (χ3v) is 4.41. The number of rotatable bonds is 2. The standard InChI is InChI=1S/C15H19N3O/c1-15(9-13(19)18(2)14(16)17-15)12-8-11(12)10-6-4-3-5-7-10/h3-7,11-12H,8-9H2,1-2H3,(H2,16,17)/t11-,12-,15+/m0/s1. The summed E-state index contributed by atoms with van der Waals surface area (Å²) in [6, 6.07) is 10.4. The highest BCUT2D eigenvalue weighted by molar-refractivity contribution is 5.98. The summed E-state index contributed by atoms with van der Waals surface area (Å²) in [4.78, 5) is 18.0. The molecule has 0 aromatic heterocycles. The van der Waals surface area contributed by atoms with Gasteiger partial charge >= 0.3 is 0 Å². The van der Waals surface area contributed by atoms with Crippen LogP contribution in [0.3, 0.4) is 0 Å². The van der Waals surface area contributed by atoms with Crippen LogP contribution in [0.2, 0.25) is 0 Å². The van der Waals surface area contributed by atoms with Gasteiger partial charge in [0.15, 0.2) is 5.96 Å². The van der Waals surface area contributed by atoms with Crippen molar-refractivity contribution in [1.82, 2.24) is 4.90 Å². The highest BCUT2D eigenvalue weighted by Crippen LogP contribution is 2.56. The average molecular weight is 257 g/mol. The van der Waals surface area contributed by atoms with Crippen LogP contribution in [0, 0.1) is 5.92 Å². The summed E-state index contributed by atoms with van der Waals surface area (Å²) < 4.78 is 0. The fourth-order valence-electron chi connectivity index (χ4n) is 3.09. The Morgan fingerprint density at radius 1 is 1.37 bits per heavy atom. The van der Waals surface area contributed by atoms with Gasteiger partial charge in [0.1, 0.15) is 0 Å². The van der Waals surface area contributed by atoms with E-state index in [1.165, 1.54) is 10.5 Å². The molecule has 2 N–H and O–H groups in total. The van der Waals surface area contributed by atoms with Crippen LogP contribution in [0.1, 0.15) is 31.2 Å². The molecular formula is C15H19N3O. The molecule has 1 aromatic carbocycles. The predicted octanol–water partition coefficient (Wildman–Crippen LogP) is 1.73. The molecular weight excluding hydrogens is 238 g/mol. The van der Waals surface area contributed by atoms with E-state index in [0.29, 0.717) is 24.2 Å². The maximum atomic E-state index is 12.0. The minimum Gasteiger partial charge on any atom is -0.369 e. The summed E-state index contributed by atoms with van der Waals surface area (Å²) in [5.74, 6) is 1.34. The van der Waals surface area contributed by atoms with Crippen molar-refractivity contribution in [3.05, 3.63) is 35.9 Å². The minimum absolute atomic E-state index is 0.0636. The van der Waals surface area contributed by atoms with Crippen molar-refractivity contribution < 1.29 is 4.79 Å². The summed E-state index contributed by atoms with van der Waals surface area (Å²) in [6.07, 6.45) is 1.55. The van der Waals surface area contributed by atoms with Crippen molar-refractivity contribution in [2.24, 2.45) is 16.6 Å². The zero-order chi connectivity index (χ0) is 13.6. The Morgan fingerprint density at radius 2 is 2.05 bits per heavy atom. The van der Waals surface area contributed by atoms with Gasteiger partial charge in [-0.05, 0) is 30.7 Å². The molecule has 100 valence electrons. The van der Waals surface area contributed by atoms with Crippen LogP contribution in [-0.2, 0) is 4.79 Å². The van der Waals surface area contributed by atoms with Gasteiger partial charge in [0.25, 0.3) is 0 Å². The zero-order valence-corrected chi connectivity index (χ0v) is 11.3. The quantitative estimate of drug-likeness (QED) is 0.877. The molecule has 19 heavy (non-hydrogen) atoms. The van der Waals surface area contributed by atoms with Crippen LogP contribution in [0.4, 0.5) is 0 Å². The van der Waals surface area contributed by atoms with Gasteiger partial charge in [-0.15, -0.1) is 0 Å². The third-order valence-electron chi connectivity index (χ3n) is 4.41. The number of hydrogen-bond donors (Lipinski definition) is 1. The molecule has 0 bridgehead atoms. The molecule has 0 spiro atoms. The van der Waals surface area contributed by atoms with Crippen molar-refractivity contribution in [1.29, 1.82) is 0 Å². The molecule has 1 aliphatic heterocycles. The van der Waals surface area contributed by atoms with Crippen LogP contribution in [0.15, 0.2) is 35.3 Å². The van der Waals surface area contributed by atoms with Crippen molar-refractivity contribution in [2.75, 3.05) is 7.05 Å². The Hall–Kier alpha value is -1.84. The number of carbonyl (C=O) groups excluding carboxylic acids is 1. The lowest BCUT2D eigenvalue weighted by Gasteiger charge is -2.33. The van der Waals surface area contributed by atoms with Gasteiger partial charge in [-0.3, -0.25) is 9.69 Å². The number of carbonyl (C=O) groups is 1. The van der Waals surface area contributed by atoms with Crippen molar-refractivity contribution in [3.63, 3.8) is 0 Å². The van der Waals surface area contributed by atoms with Crippen LogP contribution in [-0.4, -0.2) is 29.4 Å². The number of nitrogens with two attached hydrogens (primary N) is 1. The largest absolute Gasteiger partial charge is 0.369 e. The van der Waals surface area contributed by atoms with Gasteiger partial charge in [-0.25, -0.2) is 4.99 Å². The number of hydrogen-bond acceptors (Lipinski definition) is 3. The van der Waals surface area contributed by atoms with E-state index in [1.54, 1.807) is 7.05 Å². The van der Waals surface area contributed by atoms with Crippen LogP contribution >= 0.6 is 0 Å². The first kappa shape index (κ1) is 12.2. The fraction of sp³-hybridized carbons (Fsp3) is 0.467. The first-order valence-electron chi connectivity index (χ1n) is 6.68. The molecule has 0 unspecified atom stereocenters. The van der Waals surface area contributed by atoms with Gasteiger partial charge in [-0.1, -0.05) is 30.3 Å². The predicted molar refractivity (Wildman–Crippen MR) is 74.7 cm³/mol. The van der Waals surface area contributed by atoms with E-state index in [0.717, 1.165) is 6.42 Å². The molecule has 3 rings (SSSR count). The summed E-state index contributed by atoms with van der Waals surface area (Å²) >= 11 is 0. The Morgan fingerprint density at radius 3 is 2.68 bits per heavy atom. The Labute approximate surface area is 113 Å². The Kier molecular flexibility index (Phi) is 2.62. The van der Waals surface area contributed by atoms with Crippen LogP contribution in [0.25, 0.3) is 0 Å². The molecule has 1 heterocycles. The smallest absolute Gasteiger partial charge is 0.231 e. The van der Waals surface area contributed by atoms with Gasteiger partial charge in [-0.2, -0.15) is 0 Å². The second-order valence-electron chi connectivity index (χ2n) is 5.82. The summed E-state index contributed by atoms with van der Waals surface area (Å²) in [7, 11) is 1.68. The SMILES string of the molecule is CN1C(=O)C[C@](C)([C@H]2C[C@H]2c2ccccc2)N=C1N. The topological polar surface area (TPSA) is 58.7 Å². The molecule has 2 aliphatic rings. The second-order valence-corrected chi connectivity index (χ2v) is 5.82. The zero-order valence-electron chi connectivity index (χ0n) is 11.3. The molecule has 1 aliphatic carbocycles. The molecule has 3 atom stereocenters. The van der Waals surface area contributed by atoms with E-state index in [4.69, 9.17) is 5.73 Å². The average Bonchev–Trinajstić information content (AvgIpc) is 3.18. The summed E-state index contributed by atoms with van der Waals surface area (Å²) in [5.41, 5.74) is 6.85. The van der Waals surface area contributed by atoms with Crippen LogP contribution < -0.4 is 5.73 Å². The number of aliphatic imine (C=N–C) groups is 1. The van der Waals surface area contributed by atoms with E-state index in [1.807, 2.05) is 6.07 Å². The lowest BCUT2D eigenvalue weighted by molar-refractivity contribution is -0.128. The highest BCUT2D eigenvalue weighted by atomic mass is 16.2. The van der Waals surface area contributed by atoms with Crippen molar-refractivity contribution in [2.45, 2.75) is 31.2 Å². The molecule has 4 heteroatoms. The number of nitrogens with zero attached hydrogens (tertiary/aromatic N) is 2.